The van der Waals surface area contributed by atoms with Crippen LogP contribution in [0.4, 0.5) is 8.78 Å². The molecule has 0 radical (unpaired) electrons. The van der Waals surface area contributed by atoms with Crippen LogP contribution in [-0.2, 0) is 0 Å². The minimum absolute atomic E-state index is 0. The van der Waals surface area contributed by atoms with E-state index >= 15 is 0 Å². The number of benzene rings is 1. The van der Waals surface area contributed by atoms with Crippen molar-refractivity contribution in [3.05, 3.63) is 29.8 Å². The van der Waals surface area contributed by atoms with Gasteiger partial charge in [-0.15, -0.1) is 24.0 Å². The highest BCUT2D eigenvalue weighted by Gasteiger charge is 2.15. The summed E-state index contributed by atoms with van der Waals surface area (Å²) in [6.07, 6.45) is -0.826. The Morgan fingerprint density at radius 1 is 1.10 bits per heavy atom. The van der Waals surface area contributed by atoms with Crippen LogP contribution in [0.3, 0.4) is 0 Å². The van der Waals surface area contributed by atoms with Gasteiger partial charge in [0, 0.05) is 45.8 Å². The maximum absolute atomic E-state index is 12.2. The Kier molecular flexibility index (Phi) is 13.1. The Labute approximate surface area is 194 Å². The number of nitrogens with one attached hydrogen (secondary N) is 2. The standard InChI is InChI=1S/C20H33F2N5O2.HI/c1-3-23-20(24-9-10-27-13-11-26(4-2)12-14-27)25-15-18(28)16-5-7-17(8-6-16)29-19(21)22;/h5-8,18-19,28H,3-4,9-15H2,1-2H3,(H2,23,24,25);1H. The zero-order chi connectivity index (χ0) is 21.1. The van der Waals surface area contributed by atoms with Crippen molar-refractivity contribution in [1.29, 1.82) is 0 Å². The van der Waals surface area contributed by atoms with Gasteiger partial charge in [-0.05, 0) is 31.2 Å². The summed E-state index contributed by atoms with van der Waals surface area (Å²) in [6, 6.07) is 5.95. The number of likely N-dealkylation sites (N-methyl/N-ethyl adjacent to an activating group) is 1. The van der Waals surface area contributed by atoms with Gasteiger partial charge in [0.25, 0.3) is 0 Å². The summed E-state index contributed by atoms with van der Waals surface area (Å²) in [6.45, 7) is 9.39. The third-order valence-electron chi connectivity index (χ3n) is 4.89. The molecule has 0 saturated carbocycles. The number of halogens is 3. The molecular weight excluding hydrogens is 507 g/mol. The molecule has 1 aliphatic rings. The highest BCUT2D eigenvalue weighted by Crippen LogP contribution is 2.19. The van der Waals surface area contributed by atoms with E-state index in [0.717, 1.165) is 52.4 Å². The monoisotopic (exact) mass is 541 g/mol. The fourth-order valence-electron chi connectivity index (χ4n) is 3.16. The third-order valence-corrected chi connectivity index (χ3v) is 4.89. The summed E-state index contributed by atoms with van der Waals surface area (Å²) in [5, 5.41) is 16.8. The number of nitrogens with zero attached hydrogens (tertiary/aromatic N) is 3. The highest BCUT2D eigenvalue weighted by atomic mass is 127. The molecule has 0 aliphatic carbocycles. The van der Waals surface area contributed by atoms with Crippen LogP contribution in [0.2, 0.25) is 0 Å². The van der Waals surface area contributed by atoms with E-state index in [9.17, 15) is 13.9 Å². The molecule has 10 heteroatoms. The largest absolute Gasteiger partial charge is 0.435 e. The first-order valence-electron chi connectivity index (χ1n) is 10.2. The number of hydrogen-bond donors (Lipinski definition) is 3. The van der Waals surface area contributed by atoms with Gasteiger partial charge in [0.05, 0.1) is 12.6 Å². The first kappa shape index (κ1) is 26.8. The van der Waals surface area contributed by atoms with Crippen molar-refractivity contribution in [3.63, 3.8) is 0 Å². The molecule has 0 aromatic heterocycles. The Bertz CT molecular complexity index is 614. The lowest BCUT2D eigenvalue weighted by Gasteiger charge is -2.34. The van der Waals surface area contributed by atoms with Crippen LogP contribution in [-0.4, -0.2) is 86.4 Å². The molecule has 30 heavy (non-hydrogen) atoms. The molecule has 1 heterocycles. The minimum atomic E-state index is -2.86. The van der Waals surface area contributed by atoms with E-state index in [-0.39, 0.29) is 36.3 Å². The van der Waals surface area contributed by atoms with Crippen molar-refractivity contribution in [2.24, 2.45) is 4.99 Å². The highest BCUT2D eigenvalue weighted by molar-refractivity contribution is 14.0. The lowest BCUT2D eigenvalue weighted by Crippen LogP contribution is -2.49. The van der Waals surface area contributed by atoms with E-state index in [1.807, 2.05) is 6.92 Å². The topological polar surface area (TPSA) is 72.4 Å². The van der Waals surface area contributed by atoms with E-state index in [1.54, 1.807) is 12.1 Å². The minimum Gasteiger partial charge on any atom is -0.435 e. The van der Waals surface area contributed by atoms with Gasteiger partial charge < -0.3 is 25.4 Å². The zero-order valence-corrected chi connectivity index (χ0v) is 20.0. The summed E-state index contributed by atoms with van der Waals surface area (Å²) in [4.78, 5) is 9.31. The van der Waals surface area contributed by atoms with Gasteiger partial charge >= 0.3 is 6.61 Å². The van der Waals surface area contributed by atoms with Crippen LogP contribution < -0.4 is 15.4 Å². The van der Waals surface area contributed by atoms with Crippen molar-refractivity contribution < 1.29 is 18.6 Å². The maximum Gasteiger partial charge on any atom is 0.387 e. The van der Waals surface area contributed by atoms with Crippen molar-refractivity contribution >= 4 is 29.9 Å². The van der Waals surface area contributed by atoms with E-state index in [4.69, 9.17) is 0 Å². The van der Waals surface area contributed by atoms with Crippen LogP contribution in [0.5, 0.6) is 5.75 Å². The summed E-state index contributed by atoms with van der Waals surface area (Å²) in [5.41, 5.74) is 0.597. The molecule has 172 valence electrons. The Morgan fingerprint density at radius 2 is 1.73 bits per heavy atom. The predicted octanol–water partition coefficient (Wildman–Crippen LogP) is 2.13. The smallest absolute Gasteiger partial charge is 0.387 e. The van der Waals surface area contributed by atoms with Gasteiger partial charge in [0.15, 0.2) is 5.96 Å². The van der Waals surface area contributed by atoms with Gasteiger partial charge in [-0.25, -0.2) is 0 Å². The van der Waals surface area contributed by atoms with Crippen LogP contribution >= 0.6 is 24.0 Å². The number of guanidine groups is 1. The number of alkyl halides is 2. The molecule has 1 aromatic carbocycles. The van der Waals surface area contributed by atoms with E-state index < -0.39 is 12.7 Å². The van der Waals surface area contributed by atoms with Crippen LogP contribution in [0.15, 0.2) is 29.3 Å². The number of piperazine rings is 1. The van der Waals surface area contributed by atoms with Crippen molar-refractivity contribution in [1.82, 2.24) is 20.4 Å². The van der Waals surface area contributed by atoms with Crippen LogP contribution in [0, 0.1) is 0 Å². The average Bonchev–Trinajstić information content (AvgIpc) is 2.72. The van der Waals surface area contributed by atoms with Crippen LogP contribution in [0.25, 0.3) is 0 Å². The van der Waals surface area contributed by atoms with Gasteiger partial charge in [-0.2, -0.15) is 8.78 Å². The summed E-state index contributed by atoms with van der Waals surface area (Å²) in [7, 11) is 0. The number of aliphatic imine (C=N–C) groups is 1. The Morgan fingerprint density at radius 3 is 2.30 bits per heavy atom. The fourth-order valence-corrected chi connectivity index (χ4v) is 3.16. The second kappa shape index (κ2) is 14.7. The van der Waals surface area contributed by atoms with Gasteiger partial charge in [-0.1, -0.05) is 19.1 Å². The molecule has 0 spiro atoms. The Hall–Kier alpha value is -1.24. The molecule has 1 saturated heterocycles. The van der Waals surface area contributed by atoms with E-state index in [2.05, 4.69) is 37.1 Å². The number of ether oxygens (including phenoxy) is 1. The normalized spacial score (nSPS) is 16.8. The van der Waals surface area contributed by atoms with Gasteiger partial charge in [0.2, 0.25) is 0 Å². The number of aliphatic hydroxyl groups is 1. The van der Waals surface area contributed by atoms with Gasteiger partial charge in [0.1, 0.15) is 5.75 Å². The number of hydrogen-bond acceptors (Lipinski definition) is 5. The quantitative estimate of drug-likeness (QED) is 0.240. The first-order valence-corrected chi connectivity index (χ1v) is 10.2. The molecule has 7 nitrogen and oxygen atoms in total. The number of aliphatic hydroxyl groups excluding tert-OH is 1. The molecular formula is C20H34F2IN5O2. The average molecular weight is 541 g/mol. The first-order chi connectivity index (χ1) is 14.0. The molecule has 0 amide bonds. The molecule has 2 rings (SSSR count). The summed E-state index contributed by atoms with van der Waals surface area (Å²) >= 11 is 0. The van der Waals surface area contributed by atoms with E-state index in [1.165, 1.54) is 12.1 Å². The second-order valence-electron chi connectivity index (χ2n) is 6.89. The molecule has 1 atom stereocenters. The summed E-state index contributed by atoms with van der Waals surface area (Å²) in [5.74, 6) is 0.714. The SMILES string of the molecule is CCNC(=NCC(O)c1ccc(OC(F)F)cc1)NCCN1CCN(CC)CC1.I. The maximum atomic E-state index is 12.2. The van der Waals surface area contributed by atoms with Crippen molar-refractivity contribution in [2.75, 3.05) is 58.9 Å². The van der Waals surface area contributed by atoms with E-state index in [0.29, 0.717) is 11.5 Å². The van der Waals surface area contributed by atoms with Crippen molar-refractivity contribution in [3.8, 4) is 5.75 Å². The third kappa shape index (κ3) is 9.71. The lowest BCUT2D eigenvalue weighted by atomic mass is 10.1. The number of rotatable bonds is 10. The fraction of sp³-hybridized carbons (Fsp3) is 0.650. The predicted molar refractivity (Wildman–Crippen MR) is 126 cm³/mol. The van der Waals surface area contributed by atoms with Gasteiger partial charge in [-0.3, -0.25) is 9.89 Å². The lowest BCUT2D eigenvalue weighted by molar-refractivity contribution is -0.0498. The zero-order valence-electron chi connectivity index (χ0n) is 17.7. The summed E-state index contributed by atoms with van der Waals surface area (Å²) < 4.78 is 28.7. The Balaban J connectivity index is 0.00000450. The molecule has 0 bridgehead atoms. The molecule has 1 aliphatic heterocycles. The molecule has 1 unspecified atom stereocenters. The molecule has 1 aromatic rings. The molecule has 3 N–H and O–H groups in total. The van der Waals surface area contributed by atoms with Crippen molar-refractivity contribution in [2.45, 2.75) is 26.6 Å². The second-order valence-corrected chi connectivity index (χ2v) is 6.89. The molecule has 1 fully saturated rings. The van der Waals surface area contributed by atoms with Crippen LogP contribution in [0.1, 0.15) is 25.5 Å².